The van der Waals surface area contributed by atoms with Crippen molar-refractivity contribution in [2.75, 3.05) is 5.75 Å². The minimum Gasteiger partial charge on any atom is -0.179 e. The van der Waals surface area contributed by atoms with Gasteiger partial charge in [-0.3, -0.25) is 0 Å². The molecule has 0 aliphatic heterocycles. The molecule has 0 saturated heterocycles. The third-order valence-electron chi connectivity index (χ3n) is 1.92. The molecule has 0 radical (unpaired) electrons. The third kappa shape index (κ3) is 5.16. The van der Waals surface area contributed by atoms with Crippen molar-refractivity contribution < 1.29 is 0 Å². The first-order valence-corrected chi connectivity index (χ1v) is 5.09. The molecule has 0 bridgehead atoms. The van der Waals surface area contributed by atoms with Crippen LogP contribution >= 0.6 is 12.6 Å². The van der Waals surface area contributed by atoms with E-state index in [4.69, 9.17) is 0 Å². The molecular weight excluding hydrogens is 140 g/mol. The van der Waals surface area contributed by atoms with E-state index >= 15 is 0 Å². The van der Waals surface area contributed by atoms with E-state index in [1.165, 1.54) is 32.1 Å². The van der Waals surface area contributed by atoms with Crippen LogP contribution in [-0.2, 0) is 0 Å². The van der Waals surface area contributed by atoms with Gasteiger partial charge in [-0.15, -0.1) is 0 Å². The number of thiol groups is 1. The number of unbranched alkanes of at least 4 members (excludes halogenated alkanes) is 1. The summed E-state index contributed by atoms with van der Waals surface area (Å²) in [5, 5.41) is 0. The van der Waals surface area contributed by atoms with Crippen LogP contribution < -0.4 is 0 Å². The molecule has 62 valence electrons. The second-order valence-electron chi connectivity index (χ2n) is 2.98. The van der Waals surface area contributed by atoms with Crippen LogP contribution in [0.2, 0.25) is 0 Å². The first-order valence-electron chi connectivity index (χ1n) is 4.46. The lowest BCUT2D eigenvalue weighted by molar-refractivity contribution is 0.475. The van der Waals surface area contributed by atoms with Crippen LogP contribution in [-0.4, -0.2) is 5.75 Å². The molecule has 10 heavy (non-hydrogen) atoms. The molecule has 0 heterocycles. The van der Waals surface area contributed by atoms with Crippen LogP contribution in [0.25, 0.3) is 0 Å². The molecule has 1 atom stereocenters. The summed E-state index contributed by atoms with van der Waals surface area (Å²) in [6, 6.07) is 0. The van der Waals surface area contributed by atoms with Gasteiger partial charge in [-0.25, -0.2) is 0 Å². The van der Waals surface area contributed by atoms with Crippen LogP contribution in [0.15, 0.2) is 0 Å². The summed E-state index contributed by atoms with van der Waals surface area (Å²) in [7, 11) is 0. The van der Waals surface area contributed by atoms with Crippen LogP contribution in [0.4, 0.5) is 0 Å². The number of rotatable bonds is 6. The lowest BCUT2D eigenvalue weighted by atomic mass is 9.99. The second-order valence-corrected chi connectivity index (χ2v) is 3.34. The van der Waals surface area contributed by atoms with Gasteiger partial charge in [0.25, 0.3) is 0 Å². The Morgan fingerprint density at radius 3 is 2.20 bits per heavy atom. The number of hydrogen-bond acceptors (Lipinski definition) is 1. The Hall–Kier alpha value is 0.350. The smallest absolute Gasteiger partial charge is 0.00695 e. The Morgan fingerprint density at radius 1 is 1.10 bits per heavy atom. The highest BCUT2D eigenvalue weighted by atomic mass is 32.1. The van der Waals surface area contributed by atoms with Crippen molar-refractivity contribution in [2.45, 2.75) is 46.0 Å². The standard InChI is InChI=1S/C9H20S/c1-3-5-7-9(8-10)6-4-2/h9-10H,3-8H2,1-2H3. The quantitative estimate of drug-likeness (QED) is 0.565. The zero-order valence-corrected chi connectivity index (χ0v) is 8.16. The SMILES string of the molecule is CCCCC(CS)CCC. The molecule has 0 rings (SSSR count). The fraction of sp³-hybridized carbons (Fsp3) is 1.00. The van der Waals surface area contributed by atoms with E-state index in [-0.39, 0.29) is 0 Å². The number of hydrogen-bond donors (Lipinski definition) is 1. The highest BCUT2D eigenvalue weighted by molar-refractivity contribution is 7.80. The molecule has 0 amide bonds. The molecule has 0 aromatic carbocycles. The Balaban J connectivity index is 3.21. The van der Waals surface area contributed by atoms with Crippen molar-refractivity contribution in [3.63, 3.8) is 0 Å². The average molecular weight is 160 g/mol. The highest BCUT2D eigenvalue weighted by Gasteiger charge is 2.03. The Bertz CT molecular complexity index is 61.7. The second kappa shape index (κ2) is 7.46. The fourth-order valence-electron chi connectivity index (χ4n) is 1.23. The summed E-state index contributed by atoms with van der Waals surface area (Å²) in [6.45, 7) is 4.50. The monoisotopic (exact) mass is 160 g/mol. The minimum absolute atomic E-state index is 0.883. The van der Waals surface area contributed by atoms with E-state index in [9.17, 15) is 0 Å². The van der Waals surface area contributed by atoms with Gasteiger partial charge in [-0.05, 0) is 24.5 Å². The zero-order chi connectivity index (χ0) is 7.82. The molecule has 0 aliphatic rings. The molecular formula is C9H20S. The van der Waals surface area contributed by atoms with E-state index < -0.39 is 0 Å². The Kier molecular flexibility index (Phi) is 7.72. The van der Waals surface area contributed by atoms with Gasteiger partial charge in [-0.2, -0.15) is 12.6 Å². The maximum Gasteiger partial charge on any atom is -0.00695 e. The van der Waals surface area contributed by atoms with Crippen LogP contribution in [0.1, 0.15) is 46.0 Å². The van der Waals surface area contributed by atoms with Crippen molar-refractivity contribution >= 4 is 12.6 Å². The van der Waals surface area contributed by atoms with E-state index in [0.29, 0.717) is 0 Å². The lowest BCUT2D eigenvalue weighted by Gasteiger charge is -2.11. The summed E-state index contributed by atoms with van der Waals surface area (Å²) in [4.78, 5) is 0. The van der Waals surface area contributed by atoms with Crippen molar-refractivity contribution in [3.05, 3.63) is 0 Å². The molecule has 0 fully saturated rings. The lowest BCUT2D eigenvalue weighted by Crippen LogP contribution is -2.01. The Labute approximate surface area is 70.8 Å². The van der Waals surface area contributed by atoms with Gasteiger partial charge in [0.05, 0.1) is 0 Å². The van der Waals surface area contributed by atoms with Crippen molar-refractivity contribution in [1.82, 2.24) is 0 Å². The predicted octanol–water partition coefficient (Wildman–Crippen LogP) is 3.52. The molecule has 0 spiro atoms. The topological polar surface area (TPSA) is 0 Å². The fourth-order valence-corrected chi connectivity index (χ4v) is 1.59. The first kappa shape index (κ1) is 10.3. The molecule has 1 unspecified atom stereocenters. The summed E-state index contributed by atoms with van der Waals surface area (Å²) < 4.78 is 0. The van der Waals surface area contributed by atoms with Gasteiger partial charge in [-0.1, -0.05) is 33.1 Å². The van der Waals surface area contributed by atoms with Crippen LogP contribution in [0, 0.1) is 5.92 Å². The predicted molar refractivity (Wildman–Crippen MR) is 51.8 cm³/mol. The molecule has 0 saturated carbocycles. The normalized spacial score (nSPS) is 13.5. The van der Waals surface area contributed by atoms with Gasteiger partial charge < -0.3 is 0 Å². The molecule has 0 aromatic heterocycles. The molecule has 0 aliphatic carbocycles. The summed E-state index contributed by atoms with van der Waals surface area (Å²) >= 11 is 4.32. The summed E-state index contributed by atoms with van der Waals surface area (Å²) in [6.07, 6.45) is 6.77. The average Bonchev–Trinajstić information content (AvgIpc) is 1.98. The third-order valence-corrected chi connectivity index (χ3v) is 2.44. The van der Waals surface area contributed by atoms with Crippen molar-refractivity contribution in [1.29, 1.82) is 0 Å². The molecule has 1 heteroatoms. The zero-order valence-electron chi connectivity index (χ0n) is 7.27. The van der Waals surface area contributed by atoms with Gasteiger partial charge in [0.2, 0.25) is 0 Å². The van der Waals surface area contributed by atoms with Crippen molar-refractivity contribution in [3.8, 4) is 0 Å². The molecule has 0 nitrogen and oxygen atoms in total. The summed E-state index contributed by atoms with van der Waals surface area (Å²) in [5.41, 5.74) is 0. The first-order chi connectivity index (χ1) is 4.85. The van der Waals surface area contributed by atoms with Gasteiger partial charge in [0.15, 0.2) is 0 Å². The highest BCUT2D eigenvalue weighted by Crippen LogP contribution is 2.15. The van der Waals surface area contributed by atoms with E-state index in [2.05, 4.69) is 26.5 Å². The molecule has 0 N–H and O–H groups in total. The van der Waals surface area contributed by atoms with E-state index in [1.54, 1.807) is 0 Å². The van der Waals surface area contributed by atoms with E-state index in [1.807, 2.05) is 0 Å². The maximum absolute atomic E-state index is 4.32. The largest absolute Gasteiger partial charge is 0.179 e. The van der Waals surface area contributed by atoms with Crippen molar-refractivity contribution in [2.24, 2.45) is 5.92 Å². The van der Waals surface area contributed by atoms with Gasteiger partial charge >= 0.3 is 0 Å². The van der Waals surface area contributed by atoms with E-state index in [0.717, 1.165) is 11.7 Å². The van der Waals surface area contributed by atoms with Gasteiger partial charge in [0.1, 0.15) is 0 Å². The Morgan fingerprint density at radius 2 is 1.80 bits per heavy atom. The minimum atomic E-state index is 0.883. The summed E-state index contributed by atoms with van der Waals surface area (Å²) in [5.74, 6) is 1.96. The van der Waals surface area contributed by atoms with Gasteiger partial charge in [0, 0.05) is 0 Å². The van der Waals surface area contributed by atoms with Crippen LogP contribution in [0.5, 0.6) is 0 Å². The molecule has 0 aromatic rings. The maximum atomic E-state index is 4.32. The van der Waals surface area contributed by atoms with Crippen LogP contribution in [0.3, 0.4) is 0 Å².